The Morgan fingerprint density at radius 1 is 1.23 bits per heavy atom. The molecule has 1 amide bonds. The largest absolute Gasteiger partial charge is 0.317 e. The van der Waals surface area contributed by atoms with E-state index in [1.165, 1.54) is 4.88 Å². The molecule has 1 aliphatic heterocycles. The van der Waals surface area contributed by atoms with Gasteiger partial charge < -0.3 is 5.32 Å². The first-order valence-electron chi connectivity index (χ1n) is 8.82. The molecule has 0 bridgehead atoms. The maximum absolute atomic E-state index is 12.5. The highest BCUT2D eigenvalue weighted by Crippen LogP contribution is 2.31. The van der Waals surface area contributed by atoms with Gasteiger partial charge in [-0.15, -0.1) is 11.3 Å². The summed E-state index contributed by atoms with van der Waals surface area (Å²) in [7, 11) is 0. The lowest BCUT2D eigenvalue weighted by Gasteiger charge is -2.20. The number of hydrogen-bond acceptors (Lipinski definition) is 5. The number of nitrogens with zero attached hydrogens (tertiary/aromatic N) is 3. The summed E-state index contributed by atoms with van der Waals surface area (Å²) in [4.78, 5) is 18.1. The average molecular weight is 367 g/mol. The number of piperidine rings is 1. The first-order valence-corrected chi connectivity index (χ1v) is 9.64. The van der Waals surface area contributed by atoms with E-state index in [1.807, 2.05) is 36.5 Å². The zero-order valence-corrected chi connectivity index (χ0v) is 15.2. The van der Waals surface area contributed by atoms with E-state index in [1.54, 1.807) is 28.4 Å². The third kappa shape index (κ3) is 4.00. The van der Waals surface area contributed by atoms with Crippen molar-refractivity contribution in [2.24, 2.45) is 0 Å². The molecule has 0 atom stereocenters. The normalized spacial score (nSPS) is 15.1. The summed E-state index contributed by atoms with van der Waals surface area (Å²) in [5.41, 5.74) is 1.69. The van der Waals surface area contributed by atoms with Crippen LogP contribution in [0.4, 0.5) is 5.13 Å². The summed E-state index contributed by atoms with van der Waals surface area (Å²) in [6, 6.07) is 10.1. The van der Waals surface area contributed by atoms with Crippen LogP contribution in [-0.2, 0) is 6.54 Å². The first-order chi connectivity index (χ1) is 12.8. The van der Waals surface area contributed by atoms with Crippen LogP contribution in [-0.4, -0.2) is 33.8 Å². The number of carbonyl (C=O) groups excluding carboxylic acids is 1. The van der Waals surface area contributed by atoms with Crippen molar-refractivity contribution in [1.82, 2.24) is 20.1 Å². The van der Waals surface area contributed by atoms with E-state index in [0.717, 1.165) is 31.5 Å². The molecule has 0 saturated carbocycles. The number of thiazole rings is 1. The molecule has 7 heteroatoms. The zero-order valence-electron chi connectivity index (χ0n) is 14.4. The van der Waals surface area contributed by atoms with Crippen molar-refractivity contribution in [3.8, 4) is 0 Å². The van der Waals surface area contributed by atoms with Crippen LogP contribution in [0.5, 0.6) is 0 Å². The number of hydrogen-bond donors (Lipinski definition) is 2. The fourth-order valence-electron chi connectivity index (χ4n) is 3.15. The van der Waals surface area contributed by atoms with Gasteiger partial charge in [0, 0.05) is 17.3 Å². The minimum absolute atomic E-state index is 0.171. The fraction of sp³-hybridized carbons (Fsp3) is 0.316. The third-order valence-corrected chi connectivity index (χ3v) is 5.64. The number of rotatable bonds is 5. The van der Waals surface area contributed by atoms with E-state index in [2.05, 4.69) is 20.7 Å². The van der Waals surface area contributed by atoms with Crippen LogP contribution in [0, 0.1) is 0 Å². The molecule has 134 valence electrons. The molecule has 3 aromatic rings. The van der Waals surface area contributed by atoms with E-state index in [0.29, 0.717) is 23.2 Å². The van der Waals surface area contributed by atoms with Crippen molar-refractivity contribution in [3.63, 3.8) is 0 Å². The molecule has 1 fully saturated rings. The quantitative estimate of drug-likeness (QED) is 0.727. The molecule has 1 aromatic carbocycles. The lowest BCUT2D eigenvalue weighted by atomic mass is 9.97. The second-order valence-electron chi connectivity index (χ2n) is 6.46. The fourth-order valence-corrected chi connectivity index (χ4v) is 4.13. The highest BCUT2D eigenvalue weighted by Gasteiger charge is 2.19. The van der Waals surface area contributed by atoms with Gasteiger partial charge in [0.05, 0.1) is 18.3 Å². The Labute approximate surface area is 156 Å². The van der Waals surface area contributed by atoms with Crippen molar-refractivity contribution in [2.45, 2.75) is 25.3 Å². The predicted octanol–water partition coefficient (Wildman–Crippen LogP) is 3.11. The number of anilines is 1. The molecule has 2 N–H and O–H groups in total. The second-order valence-corrected chi connectivity index (χ2v) is 7.52. The van der Waals surface area contributed by atoms with Crippen molar-refractivity contribution in [1.29, 1.82) is 0 Å². The van der Waals surface area contributed by atoms with Gasteiger partial charge in [0.15, 0.2) is 5.13 Å². The van der Waals surface area contributed by atoms with Gasteiger partial charge in [-0.1, -0.05) is 30.3 Å². The summed E-state index contributed by atoms with van der Waals surface area (Å²) in [6.07, 6.45) is 7.52. The first kappa shape index (κ1) is 16.9. The highest BCUT2D eigenvalue weighted by molar-refractivity contribution is 7.15. The molecule has 0 radical (unpaired) electrons. The van der Waals surface area contributed by atoms with E-state index in [9.17, 15) is 4.79 Å². The topological polar surface area (TPSA) is 71.8 Å². The van der Waals surface area contributed by atoms with Crippen molar-refractivity contribution in [2.75, 3.05) is 18.4 Å². The molecule has 3 heterocycles. The van der Waals surface area contributed by atoms with Gasteiger partial charge in [-0.25, -0.2) is 4.98 Å². The minimum Gasteiger partial charge on any atom is -0.317 e. The molecule has 0 spiro atoms. The van der Waals surface area contributed by atoms with Gasteiger partial charge in [-0.2, -0.15) is 5.10 Å². The van der Waals surface area contributed by atoms with Crippen LogP contribution in [0.1, 0.15) is 39.6 Å². The number of amides is 1. The van der Waals surface area contributed by atoms with Crippen LogP contribution in [0.2, 0.25) is 0 Å². The predicted molar refractivity (Wildman–Crippen MR) is 103 cm³/mol. The van der Waals surface area contributed by atoms with Crippen molar-refractivity contribution in [3.05, 3.63) is 64.9 Å². The Hall–Kier alpha value is -2.51. The number of nitrogens with one attached hydrogen (secondary N) is 2. The van der Waals surface area contributed by atoms with Gasteiger partial charge in [0.2, 0.25) is 0 Å². The van der Waals surface area contributed by atoms with E-state index in [-0.39, 0.29) is 5.91 Å². The summed E-state index contributed by atoms with van der Waals surface area (Å²) in [5, 5.41) is 11.2. The van der Waals surface area contributed by atoms with Gasteiger partial charge in [0.1, 0.15) is 0 Å². The molecule has 6 nitrogen and oxygen atoms in total. The maximum atomic E-state index is 12.5. The molecule has 0 aliphatic carbocycles. The number of benzene rings is 1. The van der Waals surface area contributed by atoms with Crippen LogP contribution < -0.4 is 10.6 Å². The summed E-state index contributed by atoms with van der Waals surface area (Å²) >= 11 is 1.57. The Kier molecular flexibility index (Phi) is 5.08. The molecule has 4 rings (SSSR count). The SMILES string of the molecule is O=C(Nc1ncc(C2CCNCC2)s1)c1cnn(Cc2ccccc2)c1. The van der Waals surface area contributed by atoms with Crippen LogP contribution in [0.15, 0.2) is 48.9 Å². The molecule has 2 aromatic heterocycles. The van der Waals surface area contributed by atoms with Crippen LogP contribution in [0.3, 0.4) is 0 Å². The monoisotopic (exact) mass is 367 g/mol. The van der Waals surface area contributed by atoms with Gasteiger partial charge >= 0.3 is 0 Å². The Bertz CT molecular complexity index is 867. The van der Waals surface area contributed by atoms with Gasteiger partial charge in [-0.3, -0.25) is 14.8 Å². The summed E-state index contributed by atoms with van der Waals surface area (Å²) in [5.74, 6) is 0.378. The lowest BCUT2D eigenvalue weighted by Crippen LogP contribution is -2.26. The minimum atomic E-state index is -0.171. The van der Waals surface area contributed by atoms with Gasteiger partial charge in [-0.05, 0) is 37.4 Å². The standard InChI is InChI=1S/C19H21N5OS/c25-18(16-10-22-24(13-16)12-14-4-2-1-3-5-14)23-19-21-11-17(26-19)15-6-8-20-9-7-15/h1-5,10-11,13,15,20H,6-9,12H2,(H,21,23,25). The Morgan fingerprint density at radius 2 is 2.04 bits per heavy atom. The zero-order chi connectivity index (χ0) is 17.8. The van der Waals surface area contributed by atoms with Gasteiger partial charge in [0.25, 0.3) is 5.91 Å². The second kappa shape index (κ2) is 7.80. The highest BCUT2D eigenvalue weighted by atomic mass is 32.1. The molecular formula is C19H21N5OS. The van der Waals surface area contributed by atoms with E-state index >= 15 is 0 Å². The molecule has 1 aliphatic rings. The van der Waals surface area contributed by atoms with Crippen LogP contribution >= 0.6 is 11.3 Å². The summed E-state index contributed by atoms with van der Waals surface area (Å²) < 4.78 is 1.77. The molecule has 1 saturated heterocycles. The van der Waals surface area contributed by atoms with Crippen LogP contribution in [0.25, 0.3) is 0 Å². The maximum Gasteiger partial charge on any atom is 0.260 e. The van der Waals surface area contributed by atoms with E-state index < -0.39 is 0 Å². The molecular weight excluding hydrogens is 346 g/mol. The smallest absolute Gasteiger partial charge is 0.260 e. The lowest BCUT2D eigenvalue weighted by molar-refractivity contribution is 0.102. The third-order valence-electron chi connectivity index (χ3n) is 4.57. The number of carbonyl (C=O) groups is 1. The van der Waals surface area contributed by atoms with E-state index in [4.69, 9.17) is 0 Å². The van der Waals surface area contributed by atoms with Crippen molar-refractivity contribution < 1.29 is 4.79 Å². The average Bonchev–Trinajstić information content (AvgIpc) is 3.33. The summed E-state index contributed by atoms with van der Waals surface area (Å²) in [6.45, 7) is 2.74. The number of aromatic nitrogens is 3. The van der Waals surface area contributed by atoms with Crippen molar-refractivity contribution >= 4 is 22.4 Å². The Morgan fingerprint density at radius 3 is 2.85 bits per heavy atom. The molecule has 0 unspecified atom stereocenters. The molecule has 26 heavy (non-hydrogen) atoms. The Balaban J connectivity index is 1.38.